The largest absolute Gasteiger partial charge is 0.516 e. The van der Waals surface area contributed by atoms with Crippen LogP contribution < -0.4 is 0 Å². The van der Waals surface area contributed by atoms with Crippen LogP contribution in [0, 0.1) is 0 Å². The van der Waals surface area contributed by atoms with E-state index in [9.17, 15) is 9.59 Å². The van der Waals surface area contributed by atoms with Crippen molar-refractivity contribution in [3.8, 4) is 0 Å². The van der Waals surface area contributed by atoms with Gasteiger partial charge in [0.05, 0.1) is 6.61 Å². The van der Waals surface area contributed by atoms with Gasteiger partial charge in [-0.25, -0.2) is 9.59 Å². The summed E-state index contributed by atoms with van der Waals surface area (Å²) in [5.41, 5.74) is 0. The first-order chi connectivity index (χ1) is 12.7. The molecule has 0 bridgehead atoms. The van der Waals surface area contributed by atoms with Gasteiger partial charge in [0.2, 0.25) is 0 Å². The molecule has 0 heterocycles. The topological polar surface area (TPSA) is 52.6 Å². The van der Waals surface area contributed by atoms with Crippen molar-refractivity contribution in [2.75, 3.05) is 6.61 Å². The summed E-state index contributed by atoms with van der Waals surface area (Å²) < 4.78 is 9.11. The summed E-state index contributed by atoms with van der Waals surface area (Å²) in [5.74, 6) is -0.776. The molecule has 0 aromatic carbocycles. The summed E-state index contributed by atoms with van der Waals surface area (Å²) in [6, 6.07) is 0. The summed E-state index contributed by atoms with van der Waals surface area (Å²) in [5, 5.41) is 0. The Kier molecular flexibility index (Phi) is 19.0. The molecular formula is C22H40O4. The Balaban J connectivity index is 3.12. The molecule has 4 heteroatoms. The Morgan fingerprint density at radius 1 is 0.692 bits per heavy atom. The van der Waals surface area contributed by atoms with E-state index >= 15 is 0 Å². The van der Waals surface area contributed by atoms with Crippen molar-refractivity contribution in [1.29, 1.82) is 0 Å². The number of unbranched alkanes of at least 4 members (excludes halogenated alkanes) is 15. The minimum absolute atomic E-state index is 0.307. The molecule has 0 rings (SSSR count). The zero-order valence-electron chi connectivity index (χ0n) is 16.9. The molecule has 0 aromatic rings. The van der Waals surface area contributed by atoms with Crippen LogP contribution in [0.5, 0.6) is 0 Å². The first kappa shape index (κ1) is 24.7. The Bertz CT molecular complexity index is 352. The summed E-state index contributed by atoms with van der Waals surface area (Å²) in [6.45, 7) is 5.79. The van der Waals surface area contributed by atoms with Gasteiger partial charge in [-0.1, -0.05) is 110 Å². The molecule has 0 saturated carbocycles. The summed E-state index contributed by atoms with van der Waals surface area (Å²) in [6.07, 6.45) is 20.9. The molecule has 0 aliphatic heterocycles. The fourth-order valence-corrected chi connectivity index (χ4v) is 2.96. The first-order valence-electron chi connectivity index (χ1n) is 10.7. The van der Waals surface area contributed by atoms with Crippen LogP contribution in [-0.2, 0) is 14.3 Å². The lowest BCUT2D eigenvalue weighted by molar-refractivity contribution is -0.134. The lowest BCUT2D eigenvalue weighted by atomic mass is 10.0. The van der Waals surface area contributed by atoms with Crippen LogP contribution in [0.2, 0.25) is 0 Å². The number of ether oxygens (including phenoxy) is 2. The molecule has 0 unspecified atom stereocenters. The highest BCUT2D eigenvalue weighted by molar-refractivity contribution is 5.89. The Labute approximate surface area is 160 Å². The average molecular weight is 369 g/mol. The maximum Gasteiger partial charge on any atom is 0.516 e. The molecule has 26 heavy (non-hydrogen) atoms. The van der Waals surface area contributed by atoms with E-state index in [1.54, 1.807) is 0 Å². The Morgan fingerprint density at radius 3 is 1.46 bits per heavy atom. The number of carbonyl (C=O) groups is 2. The van der Waals surface area contributed by atoms with Crippen molar-refractivity contribution in [2.45, 2.75) is 110 Å². The quantitative estimate of drug-likeness (QED) is 0.112. The molecule has 0 atom stereocenters. The third-order valence-electron chi connectivity index (χ3n) is 4.57. The SMILES string of the molecule is C=CC(=O)OC(=O)OCCCCCCCCCCCCCCCCCC. The van der Waals surface area contributed by atoms with Gasteiger partial charge in [0.25, 0.3) is 0 Å². The molecule has 0 saturated heterocycles. The normalized spacial score (nSPS) is 10.5. The summed E-state index contributed by atoms with van der Waals surface area (Å²) >= 11 is 0. The predicted octanol–water partition coefficient (Wildman–Crippen LogP) is 7.11. The van der Waals surface area contributed by atoms with Crippen molar-refractivity contribution in [1.82, 2.24) is 0 Å². The van der Waals surface area contributed by atoms with E-state index in [0.29, 0.717) is 6.61 Å². The van der Waals surface area contributed by atoms with Gasteiger partial charge in [0, 0.05) is 6.08 Å². The van der Waals surface area contributed by atoms with Crippen LogP contribution in [0.25, 0.3) is 0 Å². The van der Waals surface area contributed by atoms with E-state index in [2.05, 4.69) is 18.2 Å². The molecule has 4 nitrogen and oxygen atoms in total. The van der Waals surface area contributed by atoms with Crippen LogP contribution in [0.15, 0.2) is 12.7 Å². The van der Waals surface area contributed by atoms with Crippen LogP contribution in [0.4, 0.5) is 4.79 Å². The number of rotatable bonds is 18. The second-order valence-electron chi connectivity index (χ2n) is 7.03. The van der Waals surface area contributed by atoms with Crippen molar-refractivity contribution >= 4 is 12.1 Å². The van der Waals surface area contributed by atoms with Gasteiger partial charge >= 0.3 is 12.1 Å². The van der Waals surface area contributed by atoms with Gasteiger partial charge in [-0.05, 0) is 6.42 Å². The molecule has 0 aromatic heterocycles. The smallest absolute Gasteiger partial charge is 0.434 e. The molecule has 0 spiro atoms. The van der Waals surface area contributed by atoms with Crippen molar-refractivity contribution in [3.63, 3.8) is 0 Å². The van der Waals surface area contributed by atoms with Crippen molar-refractivity contribution < 1.29 is 19.1 Å². The van der Waals surface area contributed by atoms with Gasteiger partial charge in [-0.15, -0.1) is 0 Å². The van der Waals surface area contributed by atoms with Crippen LogP contribution in [0.1, 0.15) is 110 Å². The first-order valence-corrected chi connectivity index (χ1v) is 10.7. The van der Waals surface area contributed by atoms with Crippen LogP contribution in [-0.4, -0.2) is 18.7 Å². The van der Waals surface area contributed by atoms with E-state index in [0.717, 1.165) is 18.9 Å². The number of esters is 1. The van der Waals surface area contributed by atoms with E-state index in [1.165, 1.54) is 89.9 Å². The zero-order chi connectivity index (χ0) is 19.3. The van der Waals surface area contributed by atoms with Crippen LogP contribution >= 0.6 is 0 Å². The lowest BCUT2D eigenvalue weighted by Crippen LogP contribution is -2.12. The molecule has 0 amide bonds. The van der Waals surface area contributed by atoms with Crippen molar-refractivity contribution in [2.24, 2.45) is 0 Å². The van der Waals surface area contributed by atoms with E-state index in [-0.39, 0.29) is 0 Å². The maximum atomic E-state index is 11.1. The Morgan fingerprint density at radius 2 is 1.08 bits per heavy atom. The maximum absolute atomic E-state index is 11.1. The van der Waals surface area contributed by atoms with Gasteiger partial charge in [-0.2, -0.15) is 0 Å². The van der Waals surface area contributed by atoms with E-state index < -0.39 is 12.1 Å². The number of carbonyl (C=O) groups excluding carboxylic acids is 2. The number of hydrogen-bond acceptors (Lipinski definition) is 4. The van der Waals surface area contributed by atoms with Gasteiger partial charge in [-0.3, -0.25) is 0 Å². The van der Waals surface area contributed by atoms with Crippen LogP contribution in [0.3, 0.4) is 0 Å². The standard InChI is InChI=1S/C22H40O4/c1-3-5-6-7-8-9-10-11-12-13-14-15-16-17-18-19-20-25-22(24)26-21(23)4-2/h4H,2-3,5-20H2,1H3. The lowest BCUT2D eigenvalue weighted by Gasteiger charge is -2.04. The second kappa shape index (κ2) is 20.0. The second-order valence-corrected chi connectivity index (χ2v) is 7.03. The molecule has 0 aliphatic rings. The van der Waals surface area contributed by atoms with Gasteiger partial charge in [0.15, 0.2) is 0 Å². The molecular weight excluding hydrogens is 328 g/mol. The predicted molar refractivity (Wildman–Crippen MR) is 107 cm³/mol. The summed E-state index contributed by atoms with van der Waals surface area (Å²) in [4.78, 5) is 21.8. The average Bonchev–Trinajstić information content (AvgIpc) is 2.64. The fraction of sp³-hybridized carbons (Fsp3) is 0.818. The number of hydrogen-bond donors (Lipinski definition) is 0. The van der Waals surface area contributed by atoms with E-state index in [4.69, 9.17) is 4.74 Å². The monoisotopic (exact) mass is 368 g/mol. The third kappa shape index (κ3) is 19.0. The van der Waals surface area contributed by atoms with Gasteiger partial charge in [0.1, 0.15) is 0 Å². The van der Waals surface area contributed by atoms with E-state index in [1.807, 2.05) is 0 Å². The van der Waals surface area contributed by atoms with Gasteiger partial charge < -0.3 is 9.47 Å². The highest BCUT2D eigenvalue weighted by Crippen LogP contribution is 2.13. The Hall–Kier alpha value is -1.32. The highest BCUT2D eigenvalue weighted by atomic mass is 16.7. The fourth-order valence-electron chi connectivity index (χ4n) is 2.96. The third-order valence-corrected chi connectivity index (χ3v) is 4.57. The molecule has 0 radical (unpaired) electrons. The minimum Gasteiger partial charge on any atom is -0.434 e. The van der Waals surface area contributed by atoms with Crippen molar-refractivity contribution in [3.05, 3.63) is 12.7 Å². The summed E-state index contributed by atoms with van der Waals surface area (Å²) in [7, 11) is 0. The zero-order valence-corrected chi connectivity index (χ0v) is 16.9. The molecule has 0 fully saturated rings. The molecule has 0 aliphatic carbocycles. The highest BCUT2D eigenvalue weighted by Gasteiger charge is 2.07. The molecule has 0 N–H and O–H groups in total. The molecule has 152 valence electrons. The minimum atomic E-state index is -0.934.